The highest BCUT2D eigenvalue weighted by molar-refractivity contribution is 5.86. The summed E-state index contributed by atoms with van der Waals surface area (Å²) in [6, 6.07) is 9.11. The van der Waals surface area contributed by atoms with Crippen molar-refractivity contribution in [1.29, 1.82) is 0 Å². The molecule has 0 spiro atoms. The topological polar surface area (TPSA) is 65.0 Å². The molecule has 0 aromatic heterocycles. The number of aliphatic hydroxyl groups excluding tert-OH is 1. The first-order valence-electron chi connectivity index (χ1n) is 13.3. The summed E-state index contributed by atoms with van der Waals surface area (Å²) in [5.74, 6) is 0.339. The molecule has 192 valence electrons. The first-order chi connectivity index (χ1) is 16.5. The van der Waals surface area contributed by atoms with Crippen LogP contribution < -0.4 is 0 Å². The number of unbranched alkanes of at least 4 members (excludes halogenated alkanes) is 2. The van der Waals surface area contributed by atoms with Gasteiger partial charge in [-0.05, 0) is 81.8 Å². The van der Waals surface area contributed by atoms with Gasteiger partial charge in [0.25, 0.3) is 0 Å². The van der Waals surface area contributed by atoms with Crippen molar-refractivity contribution in [2.45, 2.75) is 90.8 Å². The van der Waals surface area contributed by atoms with Crippen LogP contribution in [0.2, 0.25) is 0 Å². The lowest BCUT2D eigenvalue weighted by Gasteiger charge is -2.30. The van der Waals surface area contributed by atoms with E-state index in [0.29, 0.717) is 18.1 Å². The van der Waals surface area contributed by atoms with E-state index in [4.69, 9.17) is 19.3 Å². The molecule has 1 fully saturated rings. The Labute approximate surface area is 206 Å². The van der Waals surface area contributed by atoms with E-state index in [1.54, 1.807) is 6.92 Å². The van der Waals surface area contributed by atoms with Crippen LogP contribution in [0, 0.1) is 11.8 Å². The quantitative estimate of drug-likeness (QED) is 0.170. The molecule has 1 heterocycles. The summed E-state index contributed by atoms with van der Waals surface area (Å²) in [4.78, 5) is 11.7. The summed E-state index contributed by atoms with van der Waals surface area (Å²) in [5.41, 5.74) is 3.25. The number of rotatable bonds is 17. The molecular formula is C29H46O5. The fourth-order valence-corrected chi connectivity index (χ4v) is 4.32. The standard InChI is InChI=1S/C29H46O5/c1-4-5-6-9-24-13-15-25(16-14-24)17-18-27-21-32-28(33-22-27)12-7-10-26(11-8-19-30)20-34-29(31)23(2)3/h13-16,26-28,30H,2,4-12,17-22H2,1,3H3. The Morgan fingerprint density at radius 1 is 1.03 bits per heavy atom. The molecule has 2 rings (SSSR count). The van der Waals surface area contributed by atoms with Gasteiger partial charge in [-0.3, -0.25) is 0 Å². The van der Waals surface area contributed by atoms with Gasteiger partial charge >= 0.3 is 5.97 Å². The van der Waals surface area contributed by atoms with Crippen LogP contribution in [0.5, 0.6) is 0 Å². The van der Waals surface area contributed by atoms with Crippen LogP contribution >= 0.6 is 0 Å². The van der Waals surface area contributed by atoms with E-state index < -0.39 is 0 Å². The smallest absolute Gasteiger partial charge is 0.333 e. The number of carbonyl (C=O) groups is 1. The van der Waals surface area contributed by atoms with Crippen LogP contribution in [0.4, 0.5) is 0 Å². The Kier molecular flexibility index (Phi) is 14.2. The first kappa shape index (κ1) is 28.5. The molecule has 5 nitrogen and oxygen atoms in total. The Bertz CT molecular complexity index is 691. The van der Waals surface area contributed by atoms with Crippen molar-refractivity contribution in [1.82, 2.24) is 0 Å². The van der Waals surface area contributed by atoms with E-state index in [1.807, 2.05) is 0 Å². The second-order valence-electron chi connectivity index (χ2n) is 9.82. The van der Waals surface area contributed by atoms with E-state index in [9.17, 15) is 4.79 Å². The third kappa shape index (κ3) is 11.6. The second-order valence-corrected chi connectivity index (χ2v) is 9.82. The highest BCUT2D eigenvalue weighted by Crippen LogP contribution is 2.23. The van der Waals surface area contributed by atoms with E-state index in [1.165, 1.54) is 36.8 Å². The lowest BCUT2D eigenvalue weighted by molar-refractivity contribution is -0.204. The Morgan fingerprint density at radius 3 is 2.29 bits per heavy atom. The van der Waals surface area contributed by atoms with Gasteiger partial charge < -0.3 is 19.3 Å². The molecule has 34 heavy (non-hydrogen) atoms. The number of hydrogen-bond donors (Lipinski definition) is 1. The molecular weight excluding hydrogens is 428 g/mol. The molecule has 1 aliphatic heterocycles. The van der Waals surface area contributed by atoms with Gasteiger partial charge in [-0.2, -0.15) is 0 Å². The molecule has 0 bridgehead atoms. The molecule has 0 amide bonds. The number of benzene rings is 1. The third-order valence-corrected chi connectivity index (χ3v) is 6.59. The van der Waals surface area contributed by atoms with Crippen LogP contribution in [-0.4, -0.2) is 43.8 Å². The lowest BCUT2D eigenvalue weighted by Crippen LogP contribution is -2.32. The van der Waals surface area contributed by atoms with Crippen LogP contribution in [-0.2, 0) is 31.8 Å². The van der Waals surface area contributed by atoms with Crippen LogP contribution in [0.3, 0.4) is 0 Å². The summed E-state index contributed by atoms with van der Waals surface area (Å²) in [6.07, 6.45) is 11.3. The molecule has 0 radical (unpaired) electrons. The molecule has 1 atom stereocenters. The maximum atomic E-state index is 11.7. The van der Waals surface area contributed by atoms with Crippen LogP contribution in [0.25, 0.3) is 0 Å². The normalized spacial score (nSPS) is 19.0. The van der Waals surface area contributed by atoms with Crippen molar-refractivity contribution in [2.24, 2.45) is 11.8 Å². The summed E-state index contributed by atoms with van der Waals surface area (Å²) < 4.78 is 17.3. The summed E-state index contributed by atoms with van der Waals surface area (Å²) in [6.45, 7) is 9.56. The SMILES string of the molecule is C=C(C)C(=O)OCC(CCCO)CCCC1OCC(CCc2ccc(CCCCC)cc2)CO1. The fourth-order valence-electron chi connectivity index (χ4n) is 4.32. The fraction of sp³-hybridized carbons (Fsp3) is 0.690. The number of hydrogen-bond acceptors (Lipinski definition) is 5. The zero-order chi connectivity index (χ0) is 24.6. The maximum Gasteiger partial charge on any atom is 0.333 e. The third-order valence-electron chi connectivity index (χ3n) is 6.59. The Morgan fingerprint density at radius 2 is 1.68 bits per heavy atom. The van der Waals surface area contributed by atoms with Crippen molar-refractivity contribution in [3.63, 3.8) is 0 Å². The van der Waals surface area contributed by atoms with Crippen molar-refractivity contribution >= 4 is 5.97 Å². The average Bonchev–Trinajstić information content (AvgIpc) is 2.85. The largest absolute Gasteiger partial charge is 0.462 e. The van der Waals surface area contributed by atoms with Crippen molar-refractivity contribution < 1.29 is 24.1 Å². The minimum atomic E-state index is -0.345. The molecule has 5 heteroatoms. The van der Waals surface area contributed by atoms with Crippen LogP contribution in [0.1, 0.15) is 82.8 Å². The predicted molar refractivity (Wildman–Crippen MR) is 137 cm³/mol. The number of aliphatic hydroxyl groups is 1. The van der Waals surface area contributed by atoms with E-state index >= 15 is 0 Å². The summed E-state index contributed by atoms with van der Waals surface area (Å²) in [7, 11) is 0. The summed E-state index contributed by atoms with van der Waals surface area (Å²) >= 11 is 0. The number of esters is 1. The highest BCUT2D eigenvalue weighted by atomic mass is 16.7. The molecule has 1 saturated heterocycles. The van der Waals surface area contributed by atoms with Gasteiger partial charge in [0, 0.05) is 18.1 Å². The minimum absolute atomic E-state index is 0.143. The Balaban J connectivity index is 1.61. The molecule has 1 unspecified atom stereocenters. The van der Waals surface area contributed by atoms with Gasteiger partial charge in [-0.25, -0.2) is 4.79 Å². The highest BCUT2D eigenvalue weighted by Gasteiger charge is 2.22. The molecule has 0 saturated carbocycles. The predicted octanol–water partition coefficient (Wildman–Crippen LogP) is 6.02. The zero-order valence-electron chi connectivity index (χ0n) is 21.4. The maximum absolute atomic E-state index is 11.7. The van der Waals surface area contributed by atoms with Crippen LogP contribution in [0.15, 0.2) is 36.4 Å². The van der Waals surface area contributed by atoms with E-state index in [0.717, 1.165) is 58.2 Å². The second kappa shape index (κ2) is 16.9. The van der Waals surface area contributed by atoms with Gasteiger partial charge in [-0.15, -0.1) is 0 Å². The minimum Gasteiger partial charge on any atom is -0.462 e. The molecule has 1 aromatic rings. The van der Waals surface area contributed by atoms with E-state index in [-0.39, 0.29) is 24.8 Å². The van der Waals surface area contributed by atoms with Crippen molar-refractivity contribution in [3.05, 3.63) is 47.5 Å². The van der Waals surface area contributed by atoms with Gasteiger partial charge in [0.1, 0.15) is 0 Å². The summed E-state index contributed by atoms with van der Waals surface area (Å²) in [5, 5.41) is 9.14. The van der Waals surface area contributed by atoms with E-state index in [2.05, 4.69) is 37.8 Å². The van der Waals surface area contributed by atoms with Gasteiger partial charge in [0.2, 0.25) is 0 Å². The molecule has 0 aliphatic carbocycles. The number of carbonyl (C=O) groups excluding carboxylic acids is 1. The van der Waals surface area contributed by atoms with Crippen molar-refractivity contribution in [3.8, 4) is 0 Å². The molecule has 1 aromatic carbocycles. The first-order valence-corrected chi connectivity index (χ1v) is 13.3. The number of ether oxygens (including phenoxy) is 3. The molecule has 1 aliphatic rings. The number of aryl methyl sites for hydroxylation is 2. The van der Waals surface area contributed by atoms with Gasteiger partial charge in [0.05, 0.1) is 19.8 Å². The van der Waals surface area contributed by atoms with Gasteiger partial charge in [0.15, 0.2) is 6.29 Å². The monoisotopic (exact) mass is 474 g/mol. The zero-order valence-corrected chi connectivity index (χ0v) is 21.4. The lowest BCUT2D eigenvalue weighted by atomic mass is 9.97. The van der Waals surface area contributed by atoms with Gasteiger partial charge in [-0.1, -0.05) is 50.6 Å². The molecule has 1 N–H and O–H groups in total. The van der Waals surface area contributed by atoms with Crippen molar-refractivity contribution in [2.75, 3.05) is 26.4 Å². The Hall–Kier alpha value is -1.69. The average molecular weight is 475 g/mol.